The highest BCUT2D eigenvalue weighted by Gasteiger charge is 2.26. The van der Waals surface area contributed by atoms with Gasteiger partial charge in [0.15, 0.2) is 5.16 Å². The molecule has 1 aliphatic carbocycles. The van der Waals surface area contributed by atoms with E-state index in [-0.39, 0.29) is 17.0 Å². The summed E-state index contributed by atoms with van der Waals surface area (Å²) < 4.78 is 1.54. The molecule has 0 spiro atoms. The Balaban J connectivity index is 2.12. The van der Waals surface area contributed by atoms with Crippen LogP contribution in [0.15, 0.2) is 22.6 Å². The third-order valence-electron chi connectivity index (χ3n) is 2.96. The van der Waals surface area contributed by atoms with Gasteiger partial charge in [0.1, 0.15) is 0 Å². The van der Waals surface area contributed by atoms with Crippen LogP contribution >= 0.6 is 11.8 Å². The van der Waals surface area contributed by atoms with Crippen LogP contribution in [0.4, 0.5) is 0 Å². The number of hydrogen-bond acceptors (Lipinski definition) is 4. The van der Waals surface area contributed by atoms with E-state index < -0.39 is 0 Å². The van der Waals surface area contributed by atoms with Crippen molar-refractivity contribution in [3.63, 3.8) is 0 Å². The zero-order valence-corrected chi connectivity index (χ0v) is 10.4. The fourth-order valence-electron chi connectivity index (χ4n) is 2.03. The van der Waals surface area contributed by atoms with E-state index >= 15 is 0 Å². The molecule has 0 aliphatic heterocycles. The Bertz CT molecular complexity index is 440. The summed E-state index contributed by atoms with van der Waals surface area (Å²) in [5, 5.41) is 17.1. The number of H-pyrrole nitrogens is 1. The molecular formula is C11H17N3O2S. The Morgan fingerprint density at radius 3 is 3.06 bits per heavy atom. The van der Waals surface area contributed by atoms with Crippen LogP contribution in [-0.4, -0.2) is 31.2 Å². The van der Waals surface area contributed by atoms with Crippen LogP contribution in [0.5, 0.6) is 0 Å². The van der Waals surface area contributed by atoms with Gasteiger partial charge in [-0.25, -0.2) is 9.89 Å². The Morgan fingerprint density at radius 1 is 1.59 bits per heavy atom. The van der Waals surface area contributed by atoms with E-state index in [1.807, 2.05) is 0 Å². The molecule has 0 aromatic carbocycles. The zero-order chi connectivity index (χ0) is 12.3. The van der Waals surface area contributed by atoms with Crippen molar-refractivity contribution in [3.8, 4) is 0 Å². The third-order valence-corrected chi connectivity index (χ3v) is 4.33. The summed E-state index contributed by atoms with van der Waals surface area (Å²) in [5.41, 5.74) is -0.224. The van der Waals surface area contributed by atoms with Crippen LogP contribution in [0, 0.1) is 0 Å². The standard InChI is InChI=1S/C11H17N3O2S/c1-2-7-14-10(16)12-13-11(14)17-9-6-4-3-5-8(9)15/h2,8-9,15H,1,3-7H2,(H,12,16). The molecule has 0 amide bonds. The summed E-state index contributed by atoms with van der Waals surface area (Å²) in [6.45, 7) is 4.06. The van der Waals surface area contributed by atoms with Crippen LogP contribution < -0.4 is 5.69 Å². The molecule has 1 aromatic rings. The van der Waals surface area contributed by atoms with E-state index in [9.17, 15) is 9.90 Å². The molecule has 6 heteroatoms. The molecule has 2 atom stereocenters. The van der Waals surface area contributed by atoms with Crippen molar-refractivity contribution in [2.45, 2.75) is 48.7 Å². The summed E-state index contributed by atoms with van der Waals surface area (Å²) in [6.07, 6.45) is 5.40. The van der Waals surface area contributed by atoms with Crippen LogP contribution in [0.2, 0.25) is 0 Å². The van der Waals surface area contributed by atoms with Crippen molar-refractivity contribution in [2.75, 3.05) is 0 Å². The molecule has 2 rings (SSSR count). The lowest BCUT2D eigenvalue weighted by Gasteiger charge is -2.26. The second-order valence-corrected chi connectivity index (χ2v) is 5.43. The van der Waals surface area contributed by atoms with Gasteiger partial charge in [0.25, 0.3) is 0 Å². The minimum atomic E-state index is -0.294. The third kappa shape index (κ3) is 2.81. The molecular weight excluding hydrogens is 238 g/mol. The number of aromatic nitrogens is 3. The van der Waals surface area contributed by atoms with E-state index in [1.165, 1.54) is 11.8 Å². The summed E-state index contributed by atoms with van der Waals surface area (Å²) in [6, 6.07) is 0. The van der Waals surface area contributed by atoms with Crippen molar-refractivity contribution in [1.29, 1.82) is 0 Å². The van der Waals surface area contributed by atoms with Crippen LogP contribution in [-0.2, 0) is 6.54 Å². The van der Waals surface area contributed by atoms with Crippen molar-refractivity contribution < 1.29 is 5.11 Å². The molecule has 94 valence electrons. The van der Waals surface area contributed by atoms with Crippen molar-refractivity contribution in [3.05, 3.63) is 23.1 Å². The summed E-state index contributed by atoms with van der Waals surface area (Å²) in [7, 11) is 0. The topological polar surface area (TPSA) is 70.9 Å². The molecule has 1 heterocycles. The highest BCUT2D eigenvalue weighted by Crippen LogP contribution is 2.32. The number of thioether (sulfide) groups is 1. The average molecular weight is 255 g/mol. The Kier molecular flexibility index (Phi) is 4.06. The van der Waals surface area contributed by atoms with Gasteiger partial charge in [-0.3, -0.25) is 4.57 Å². The minimum absolute atomic E-state index is 0.141. The molecule has 0 radical (unpaired) electrons. The molecule has 17 heavy (non-hydrogen) atoms. The van der Waals surface area contributed by atoms with Gasteiger partial charge in [-0.2, -0.15) is 0 Å². The number of aliphatic hydroxyl groups excluding tert-OH is 1. The minimum Gasteiger partial charge on any atom is -0.392 e. The predicted octanol–water partition coefficient (Wildman–Crippen LogP) is 1.15. The fourth-order valence-corrected chi connectivity index (χ4v) is 3.26. The maximum absolute atomic E-state index is 11.5. The normalized spacial score (nSPS) is 24.8. The van der Waals surface area contributed by atoms with E-state index in [1.54, 1.807) is 10.6 Å². The molecule has 1 aromatic heterocycles. The monoisotopic (exact) mass is 255 g/mol. The van der Waals surface area contributed by atoms with E-state index in [0.717, 1.165) is 25.7 Å². The number of aliphatic hydroxyl groups is 1. The van der Waals surface area contributed by atoms with Crippen molar-refractivity contribution in [1.82, 2.24) is 14.8 Å². The van der Waals surface area contributed by atoms with Gasteiger partial charge in [0.2, 0.25) is 0 Å². The van der Waals surface area contributed by atoms with Crippen LogP contribution in [0.25, 0.3) is 0 Å². The van der Waals surface area contributed by atoms with Gasteiger partial charge in [-0.1, -0.05) is 30.7 Å². The lowest BCUT2D eigenvalue weighted by Crippen LogP contribution is -2.27. The first kappa shape index (κ1) is 12.4. The first-order valence-corrected chi connectivity index (χ1v) is 6.71. The molecule has 5 nitrogen and oxygen atoms in total. The van der Waals surface area contributed by atoms with Gasteiger partial charge in [0, 0.05) is 11.8 Å². The maximum atomic E-state index is 11.5. The van der Waals surface area contributed by atoms with Crippen molar-refractivity contribution in [2.24, 2.45) is 0 Å². The fraction of sp³-hybridized carbons (Fsp3) is 0.636. The van der Waals surface area contributed by atoms with Gasteiger partial charge < -0.3 is 5.11 Å². The second kappa shape index (κ2) is 5.55. The SMILES string of the molecule is C=CCn1c(SC2CCCCC2O)n[nH]c1=O. The van der Waals surface area contributed by atoms with E-state index in [2.05, 4.69) is 16.8 Å². The maximum Gasteiger partial charge on any atom is 0.344 e. The quantitative estimate of drug-likeness (QED) is 0.792. The average Bonchev–Trinajstić information content (AvgIpc) is 2.65. The summed E-state index contributed by atoms with van der Waals surface area (Å²) in [5.74, 6) is 0. The molecule has 1 fully saturated rings. The van der Waals surface area contributed by atoms with Gasteiger partial charge in [-0.05, 0) is 12.8 Å². The first-order valence-electron chi connectivity index (χ1n) is 5.83. The molecule has 2 N–H and O–H groups in total. The van der Waals surface area contributed by atoms with E-state index in [4.69, 9.17) is 0 Å². The molecule has 0 saturated heterocycles. The number of aromatic amines is 1. The lowest BCUT2D eigenvalue weighted by atomic mass is 9.97. The molecule has 1 aliphatic rings. The second-order valence-electron chi connectivity index (χ2n) is 4.22. The highest BCUT2D eigenvalue weighted by atomic mass is 32.2. The Hall–Kier alpha value is -1.01. The Morgan fingerprint density at radius 2 is 2.35 bits per heavy atom. The van der Waals surface area contributed by atoms with Gasteiger partial charge in [-0.15, -0.1) is 11.7 Å². The highest BCUT2D eigenvalue weighted by molar-refractivity contribution is 7.99. The molecule has 0 bridgehead atoms. The number of allylic oxidation sites excluding steroid dienone is 1. The number of hydrogen-bond donors (Lipinski definition) is 2. The predicted molar refractivity (Wildman–Crippen MR) is 67.2 cm³/mol. The largest absolute Gasteiger partial charge is 0.392 e. The van der Waals surface area contributed by atoms with Gasteiger partial charge in [0.05, 0.1) is 6.10 Å². The lowest BCUT2D eigenvalue weighted by molar-refractivity contribution is 0.137. The zero-order valence-electron chi connectivity index (χ0n) is 9.63. The molecule has 1 saturated carbocycles. The first-order chi connectivity index (χ1) is 8.22. The summed E-state index contributed by atoms with van der Waals surface area (Å²) >= 11 is 1.48. The number of nitrogens with one attached hydrogen (secondary N) is 1. The van der Waals surface area contributed by atoms with Crippen LogP contribution in [0.1, 0.15) is 25.7 Å². The van der Waals surface area contributed by atoms with Gasteiger partial charge >= 0.3 is 5.69 Å². The Labute approximate surface area is 104 Å². The number of rotatable bonds is 4. The number of nitrogens with zero attached hydrogens (tertiary/aromatic N) is 2. The van der Waals surface area contributed by atoms with E-state index in [0.29, 0.717) is 11.7 Å². The van der Waals surface area contributed by atoms with Crippen LogP contribution in [0.3, 0.4) is 0 Å². The smallest absolute Gasteiger partial charge is 0.344 e. The van der Waals surface area contributed by atoms with Crippen molar-refractivity contribution >= 4 is 11.8 Å². The summed E-state index contributed by atoms with van der Waals surface area (Å²) in [4.78, 5) is 11.5. The molecule has 2 unspecified atom stereocenters.